The summed E-state index contributed by atoms with van der Waals surface area (Å²) in [6.45, 7) is 1.39. The first-order chi connectivity index (χ1) is 11.7. The van der Waals surface area contributed by atoms with Gasteiger partial charge < -0.3 is 20.4 Å². The number of benzene rings is 1. The molecule has 1 saturated carbocycles. The molecule has 0 bridgehead atoms. The second kappa shape index (κ2) is 7.68. The van der Waals surface area contributed by atoms with E-state index in [4.69, 9.17) is 4.42 Å². The van der Waals surface area contributed by atoms with Crippen molar-refractivity contribution in [2.75, 3.05) is 19.6 Å². The lowest BCUT2D eigenvalue weighted by Crippen LogP contribution is -2.41. The molecule has 2 aromatic rings. The van der Waals surface area contributed by atoms with Crippen LogP contribution in [0.5, 0.6) is 0 Å². The average molecular weight is 327 g/mol. The molecule has 2 unspecified atom stereocenters. The minimum atomic E-state index is -0.286. The maximum absolute atomic E-state index is 11.7. The molecule has 1 fully saturated rings. The summed E-state index contributed by atoms with van der Waals surface area (Å²) in [5.41, 5.74) is 1.34. The van der Waals surface area contributed by atoms with Crippen molar-refractivity contribution in [3.63, 3.8) is 0 Å². The molecule has 0 spiro atoms. The Balaban J connectivity index is 1.27. The monoisotopic (exact) mass is 327 g/mol. The van der Waals surface area contributed by atoms with E-state index in [9.17, 15) is 9.59 Å². The number of furan rings is 1. The summed E-state index contributed by atoms with van der Waals surface area (Å²) in [5, 5.41) is 8.28. The molecule has 1 aromatic heterocycles. The van der Waals surface area contributed by atoms with Crippen LogP contribution in [0.3, 0.4) is 0 Å². The molecule has 1 heterocycles. The Bertz CT molecular complexity index is 670. The number of hydrogen-bond acceptors (Lipinski definition) is 3. The first-order valence-corrected chi connectivity index (χ1v) is 8.12. The summed E-state index contributed by atoms with van der Waals surface area (Å²) in [5.74, 6) is 1.04. The lowest BCUT2D eigenvalue weighted by Gasteiger charge is -2.08. The summed E-state index contributed by atoms with van der Waals surface area (Å²) < 4.78 is 4.98. The van der Waals surface area contributed by atoms with Gasteiger partial charge in [-0.05, 0) is 36.0 Å². The van der Waals surface area contributed by atoms with Crippen LogP contribution < -0.4 is 16.0 Å². The zero-order valence-electron chi connectivity index (χ0n) is 13.3. The fourth-order valence-corrected chi connectivity index (χ4v) is 2.71. The lowest BCUT2D eigenvalue weighted by molar-refractivity contribution is 0.0926. The van der Waals surface area contributed by atoms with Gasteiger partial charge in [0.25, 0.3) is 5.91 Å². The molecular formula is C18H21N3O3. The quantitative estimate of drug-likeness (QED) is 0.681. The van der Waals surface area contributed by atoms with Crippen LogP contribution in [0, 0.1) is 5.92 Å². The molecule has 3 rings (SSSR count). The molecule has 3 amide bonds. The standard InChI is InChI=1S/C18H21N3O3/c22-17(16-7-4-10-24-16)19-8-9-20-18(23)21-12-14-11-15(14)13-5-2-1-3-6-13/h1-7,10,14-15H,8-9,11-12H2,(H,19,22)(H2,20,21,23). The molecule has 6 heteroatoms. The van der Waals surface area contributed by atoms with E-state index < -0.39 is 0 Å². The zero-order valence-corrected chi connectivity index (χ0v) is 13.3. The van der Waals surface area contributed by atoms with Gasteiger partial charge in [0.15, 0.2) is 5.76 Å². The van der Waals surface area contributed by atoms with Crippen molar-refractivity contribution >= 4 is 11.9 Å². The van der Waals surface area contributed by atoms with Gasteiger partial charge in [0, 0.05) is 19.6 Å². The molecule has 0 saturated heterocycles. The normalized spacial score (nSPS) is 18.7. The molecule has 0 radical (unpaired) electrons. The Labute approximate surface area is 140 Å². The molecular weight excluding hydrogens is 306 g/mol. The Morgan fingerprint density at radius 1 is 1.00 bits per heavy atom. The smallest absolute Gasteiger partial charge is 0.314 e. The Morgan fingerprint density at radius 2 is 1.79 bits per heavy atom. The summed E-state index contributed by atoms with van der Waals surface area (Å²) in [6, 6.07) is 13.4. The van der Waals surface area contributed by atoms with Crippen LogP contribution in [0.4, 0.5) is 4.79 Å². The average Bonchev–Trinajstić information content (AvgIpc) is 3.18. The first kappa shape index (κ1) is 16.1. The Kier molecular flexibility index (Phi) is 5.15. The van der Waals surface area contributed by atoms with E-state index in [0.717, 1.165) is 6.42 Å². The largest absolute Gasteiger partial charge is 0.459 e. The minimum Gasteiger partial charge on any atom is -0.459 e. The molecule has 126 valence electrons. The van der Waals surface area contributed by atoms with Crippen molar-refractivity contribution in [3.05, 3.63) is 60.1 Å². The SMILES string of the molecule is O=C(NCCNC(=O)c1ccco1)NCC1CC1c1ccccc1. The highest BCUT2D eigenvalue weighted by Crippen LogP contribution is 2.46. The van der Waals surface area contributed by atoms with E-state index in [1.54, 1.807) is 12.1 Å². The van der Waals surface area contributed by atoms with Gasteiger partial charge in [0.05, 0.1) is 6.26 Å². The molecule has 1 aliphatic rings. The molecule has 2 atom stereocenters. The second-order valence-corrected chi connectivity index (χ2v) is 5.88. The molecule has 1 aromatic carbocycles. The molecule has 3 N–H and O–H groups in total. The van der Waals surface area contributed by atoms with Crippen LogP contribution in [0.2, 0.25) is 0 Å². The van der Waals surface area contributed by atoms with E-state index in [2.05, 4.69) is 28.1 Å². The minimum absolute atomic E-state index is 0.207. The molecule has 1 aliphatic carbocycles. The van der Waals surface area contributed by atoms with Gasteiger partial charge in [-0.1, -0.05) is 30.3 Å². The third-order valence-electron chi connectivity index (χ3n) is 4.12. The van der Waals surface area contributed by atoms with E-state index in [0.29, 0.717) is 31.5 Å². The van der Waals surface area contributed by atoms with Crippen molar-refractivity contribution in [1.82, 2.24) is 16.0 Å². The lowest BCUT2D eigenvalue weighted by atomic mass is 10.1. The number of nitrogens with one attached hydrogen (secondary N) is 3. The maximum Gasteiger partial charge on any atom is 0.314 e. The van der Waals surface area contributed by atoms with Gasteiger partial charge in [-0.2, -0.15) is 0 Å². The third-order valence-corrected chi connectivity index (χ3v) is 4.12. The van der Waals surface area contributed by atoms with Gasteiger partial charge >= 0.3 is 6.03 Å². The van der Waals surface area contributed by atoms with Crippen molar-refractivity contribution in [1.29, 1.82) is 0 Å². The van der Waals surface area contributed by atoms with E-state index in [-0.39, 0.29) is 17.7 Å². The fourth-order valence-electron chi connectivity index (χ4n) is 2.71. The van der Waals surface area contributed by atoms with Crippen molar-refractivity contribution in [3.8, 4) is 0 Å². The zero-order chi connectivity index (χ0) is 16.8. The van der Waals surface area contributed by atoms with Gasteiger partial charge in [-0.25, -0.2) is 4.79 Å². The van der Waals surface area contributed by atoms with Crippen LogP contribution in [0.25, 0.3) is 0 Å². The second-order valence-electron chi connectivity index (χ2n) is 5.88. The number of amides is 3. The van der Waals surface area contributed by atoms with E-state index in [1.807, 2.05) is 18.2 Å². The number of urea groups is 1. The summed E-state index contributed by atoms with van der Waals surface area (Å²) in [6.07, 6.45) is 2.56. The van der Waals surface area contributed by atoms with Crippen molar-refractivity contribution < 1.29 is 14.0 Å². The highest BCUT2D eigenvalue weighted by atomic mass is 16.3. The molecule has 6 nitrogen and oxygen atoms in total. The van der Waals surface area contributed by atoms with Crippen LogP contribution >= 0.6 is 0 Å². The summed E-state index contributed by atoms with van der Waals surface area (Å²) in [4.78, 5) is 23.3. The predicted molar refractivity (Wildman–Crippen MR) is 89.7 cm³/mol. The fraction of sp³-hybridized carbons (Fsp3) is 0.333. The van der Waals surface area contributed by atoms with E-state index >= 15 is 0 Å². The van der Waals surface area contributed by atoms with Crippen LogP contribution in [-0.4, -0.2) is 31.6 Å². The van der Waals surface area contributed by atoms with Gasteiger partial charge in [0.1, 0.15) is 0 Å². The van der Waals surface area contributed by atoms with Gasteiger partial charge in [-0.15, -0.1) is 0 Å². The predicted octanol–water partition coefficient (Wildman–Crippen LogP) is 2.11. The summed E-state index contributed by atoms with van der Waals surface area (Å²) >= 11 is 0. The summed E-state index contributed by atoms with van der Waals surface area (Å²) in [7, 11) is 0. The van der Waals surface area contributed by atoms with Crippen LogP contribution in [0.15, 0.2) is 53.1 Å². The number of carbonyl (C=O) groups is 2. The number of hydrogen-bond donors (Lipinski definition) is 3. The molecule has 0 aliphatic heterocycles. The van der Waals surface area contributed by atoms with Crippen LogP contribution in [0.1, 0.15) is 28.5 Å². The van der Waals surface area contributed by atoms with E-state index in [1.165, 1.54) is 11.8 Å². The maximum atomic E-state index is 11.7. The first-order valence-electron chi connectivity index (χ1n) is 8.12. The highest BCUT2D eigenvalue weighted by molar-refractivity contribution is 5.91. The third kappa shape index (κ3) is 4.38. The van der Waals surface area contributed by atoms with Gasteiger partial charge in [0.2, 0.25) is 0 Å². The Hall–Kier alpha value is -2.76. The number of rotatable bonds is 7. The van der Waals surface area contributed by atoms with Gasteiger partial charge in [-0.3, -0.25) is 4.79 Å². The topological polar surface area (TPSA) is 83.4 Å². The van der Waals surface area contributed by atoms with Crippen molar-refractivity contribution in [2.24, 2.45) is 5.92 Å². The van der Waals surface area contributed by atoms with Crippen molar-refractivity contribution in [2.45, 2.75) is 12.3 Å². The molecule has 24 heavy (non-hydrogen) atoms. The van der Waals surface area contributed by atoms with Crippen LogP contribution in [-0.2, 0) is 0 Å². The highest BCUT2D eigenvalue weighted by Gasteiger charge is 2.37. The number of carbonyl (C=O) groups excluding carboxylic acids is 2. The Morgan fingerprint density at radius 3 is 2.54 bits per heavy atom.